The summed E-state index contributed by atoms with van der Waals surface area (Å²) >= 11 is 0. The van der Waals surface area contributed by atoms with Crippen molar-refractivity contribution in [2.45, 2.75) is 13.0 Å². The minimum Gasteiger partial charge on any atom is -0.450 e. The first-order valence-electron chi connectivity index (χ1n) is 8.26. The van der Waals surface area contributed by atoms with Gasteiger partial charge in [0.25, 0.3) is 5.91 Å². The molecule has 1 aromatic heterocycles. The molecule has 2 heterocycles. The standard InChI is InChI=1S/C20H16FNO4/c1-11-2-7-15-14(10-11)18(24)16-17(12-3-5-13(21)6-4-12)22(8-9-23)20(25)19(16)26-15/h2-7,10,17,23H,8-9H2,1H3. The summed E-state index contributed by atoms with van der Waals surface area (Å²) in [6.07, 6.45) is 0. The Morgan fingerprint density at radius 3 is 2.58 bits per heavy atom. The number of halogens is 1. The zero-order chi connectivity index (χ0) is 18.4. The zero-order valence-electron chi connectivity index (χ0n) is 14.0. The van der Waals surface area contributed by atoms with Crippen LogP contribution in [0, 0.1) is 12.7 Å². The first-order chi connectivity index (χ1) is 12.5. The topological polar surface area (TPSA) is 70.8 Å². The van der Waals surface area contributed by atoms with E-state index in [-0.39, 0.29) is 29.9 Å². The van der Waals surface area contributed by atoms with E-state index in [9.17, 15) is 19.1 Å². The molecule has 5 nitrogen and oxygen atoms in total. The predicted octanol–water partition coefficient (Wildman–Crippen LogP) is 2.78. The first kappa shape index (κ1) is 16.5. The number of hydrogen-bond acceptors (Lipinski definition) is 4. The number of hydrogen-bond donors (Lipinski definition) is 1. The van der Waals surface area contributed by atoms with Crippen LogP contribution in [0.3, 0.4) is 0 Å². The molecule has 0 saturated carbocycles. The van der Waals surface area contributed by atoms with Gasteiger partial charge in [-0.25, -0.2) is 4.39 Å². The average molecular weight is 353 g/mol. The Labute approximate surface area is 148 Å². The predicted molar refractivity (Wildman–Crippen MR) is 93.6 cm³/mol. The summed E-state index contributed by atoms with van der Waals surface area (Å²) in [5, 5.41) is 9.76. The van der Waals surface area contributed by atoms with Gasteiger partial charge >= 0.3 is 0 Å². The van der Waals surface area contributed by atoms with Gasteiger partial charge in [-0.3, -0.25) is 9.59 Å². The maximum atomic E-state index is 13.3. The van der Waals surface area contributed by atoms with E-state index in [1.54, 1.807) is 18.2 Å². The highest BCUT2D eigenvalue weighted by atomic mass is 19.1. The van der Waals surface area contributed by atoms with Gasteiger partial charge < -0.3 is 14.4 Å². The van der Waals surface area contributed by atoms with E-state index in [4.69, 9.17) is 4.42 Å². The van der Waals surface area contributed by atoms with Crippen molar-refractivity contribution in [2.24, 2.45) is 0 Å². The number of carbonyl (C=O) groups excluding carboxylic acids is 1. The molecule has 0 fully saturated rings. The Kier molecular flexibility index (Phi) is 3.85. The van der Waals surface area contributed by atoms with Gasteiger partial charge in [0, 0.05) is 6.54 Å². The summed E-state index contributed by atoms with van der Waals surface area (Å²) in [7, 11) is 0. The second-order valence-electron chi connectivity index (χ2n) is 6.35. The quantitative estimate of drug-likeness (QED) is 0.786. The lowest BCUT2D eigenvalue weighted by molar-refractivity contribution is 0.0691. The third-order valence-corrected chi connectivity index (χ3v) is 4.65. The van der Waals surface area contributed by atoms with Crippen LogP contribution in [0.4, 0.5) is 4.39 Å². The van der Waals surface area contributed by atoms with Crippen LogP contribution >= 0.6 is 0 Å². The summed E-state index contributed by atoms with van der Waals surface area (Å²) in [6.45, 7) is 1.65. The molecule has 1 atom stereocenters. The summed E-state index contributed by atoms with van der Waals surface area (Å²) in [5.74, 6) is -0.884. The third kappa shape index (κ3) is 2.42. The Morgan fingerprint density at radius 2 is 1.88 bits per heavy atom. The highest BCUT2D eigenvalue weighted by molar-refractivity contribution is 5.99. The lowest BCUT2D eigenvalue weighted by Crippen LogP contribution is -2.32. The maximum Gasteiger partial charge on any atom is 0.290 e. The molecule has 1 aliphatic heterocycles. The number of aliphatic hydroxyl groups excluding tert-OH is 1. The van der Waals surface area contributed by atoms with Crippen LogP contribution in [-0.4, -0.2) is 29.1 Å². The largest absolute Gasteiger partial charge is 0.450 e. The van der Waals surface area contributed by atoms with Crippen LogP contribution in [0.2, 0.25) is 0 Å². The molecule has 2 aromatic carbocycles. The fourth-order valence-corrected chi connectivity index (χ4v) is 3.46. The SMILES string of the molecule is Cc1ccc2oc3c(c(=O)c2c1)C(c1ccc(F)cc1)N(CCO)C3=O. The smallest absolute Gasteiger partial charge is 0.290 e. The van der Waals surface area contributed by atoms with E-state index in [2.05, 4.69) is 0 Å². The Bertz CT molecular complexity index is 1070. The summed E-state index contributed by atoms with van der Waals surface area (Å²) in [4.78, 5) is 27.3. The minimum absolute atomic E-state index is 0.0193. The highest BCUT2D eigenvalue weighted by Crippen LogP contribution is 2.37. The number of benzene rings is 2. The van der Waals surface area contributed by atoms with Crippen LogP contribution in [0.15, 0.2) is 51.7 Å². The molecule has 0 radical (unpaired) electrons. The number of carbonyl (C=O) groups is 1. The van der Waals surface area contributed by atoms with Gasteiger partial charge in [0.05, 0.1) is 23.6 Å². The first-order valence-corrected chi connectivity index (χ1v) is 8.26. The van der Waals surface area contributed by atoms with E-state index in [1.807, 2.05) is 6.92 Å². The van der Waals surface area contributed by atoms with E-state index in [1.165, 1.54) is 29.2 Å². The maximum absolute atomic E-state index is 13.3. The van der Waals surface area contributed by atoms with Crippen LogP contribution in [-0.2, 0) is 0 Å². The molecule has 0 saturated heterocycles. The monoisotopic (exact) mass is 353 g/mol. The Balaban J connectivity index is 2.01. The number of amides is 1. The van der Waals surface area contributed by atoms with E-state index in [0.717, 1.165) is 5.56 Å². The Hall–Kier alpha value is -2.99. The number of aryl methyl sites for hydroxylation is 1. The van der Waals surface area contributed by atoms with E-state index >= 15 is 0 Å². The number of aliphatic hydroxyl groups is 1. The van der Waals surface area contributed by atoms with Crippen molar-refractivity contribution in [1.29, 1.82) is 0 Å². The van der Waals surface area contributed by atoms with Gasteiger partial charge in [0.15, 0.2) is 5.43 Å². The molecular weight excluding hydrogens is 337 g/mol. The van der Waals surface area contributed by atoms with Crippen molar-refractivity contribution in [3.63, 3.8) is 0 Å². The van der Waals surface area contributed by atoms with Crippen molar-refractivity contribution in [3.8, 4) is 0 Å². The van der Waals surface area contributed by atoms with Gasteiger partial charge in [0.2, 0.25) is 5.76 Å². The normalized spacial score (nSPS) is 16.3. The minimum atomic E-state index is -0.716. The molecule has 3 aromatic rings. The van der Waals surface area contributed by atoms with E-state index < -0.39 is 17.8 Å². The molecule has 1 aliphatic rings. The zero-order valence-corrected chi connectivity index (χ0v) is 14.0. The Morgan fingerprint density at radius 1 is 1.15 bits per heavy atom. The van der Waals surface area contributed by atoms with Crippen molar-refractivity contribution in [2.75, 3.05) is 13.2 Å². The molecule has 0 spiro atoms. The molecule has 4 rings (SSSR count). The average Bonchev–Trinajstić information content (AvgIpc) is 2.90. The number of rotatable bonds is 3. The van der Waals surface area contributed by atoms with E-state index in [0.29, 0.717) is 16.5 Å². The summed E-state index contributed by atoms with van der Waals surface area (Å²) < 4.78 is 19.1. The molecule has 6 heteroatoms. The lowest BCUT2D eigenvalue weighted by atomic mass is 9.98. The van der Waals surface area contributed by atoms with Crippen molar-refractivity contribution < 1.29 is 18.7 Å². The van der Waals surface area contributed by atoms with Crippen LogP contribution in [0.5, 0.6) is 0 Å². The van der Waals surface area contributed by atoms with Crippen molar-refractivity contribution >= 4 is 16.9 Å². The van der Waals surface area contributed by atoms with Gasteiger partial charge in [-0.05, 0) is 36.8 Å². The van der Waals surface area contributed by atoms with Gasteiger partial charge in [-0.1, -0.05) is 23.8 Å². The second-order valence-corrected chi connectivity index (χ2v) is 6.35. The third-order valence-electron chi connectivity index (χ3n) is 4.65. The molecular formula is C20H16FNO4. The lowest BCUT2D eigenvalue weighted by Gasteiger charge is -2.24. The van der Waals surface area contributed by atoms with Crippen LogP contribution in [0.1, 0.15) is 33.3 Å². The van der Waals surface area contributed by atoms with Crippen LogP contribution in [0.25, 0.3) is 11.0 Å². The van der Waals surface area contributed by atoms with Crippen molar-refractivity contribution in [1.82, 2.24) is 4.90 Å². The highest BCUT2D eigenvalue weighted by Gasteiger charge is 2.42. The van der Waals surface area contributed by atoms with Crippen LogP contribution < -0.4 is 5.43 Å². The van der Waals surface area contributed by atoms with Crippen molar-refractivity contribution in [3.05, 3.63) is 81.0 Å². The molecule has 132 valence electrons. The molecule has 0 aliphatic carbocycles. The summed E-state index contributed by atoms with van der Waals surface area (Å²) in [6, 6.07) is 10.1. The molecule has 1 amide bonds. The number of β-amino-alcohol motifs (C(OH)–C–C–N with tert-alkyl or cyclic N) is 1. The van der Waals surface area contributed by atoms with Gasteiger partial charge in [0.1, 0.15) is 11.4 Å². The molecule has 1 unspecified atom stereocenters. The number of nitrogens with zero attached hydrogens (tertiary/aromatic N) is 1. The molecule has 0 bridgehead atoms. The fraction of sp³-hybridized carbons (Fsp3) is 0.200. The fourth-order valence-electron chi connectivity index (χ4n) is 3.46. The van der Waals surface area contributed by atoms with Gasteiger partial charge in [-0.2, -0.15) is 0 Å². The molecule has 26 heavy (non-hydrogen) atoms. The molecule has 1 N–H and O–H groups in total. The number of fused-ring (bicyclic) bond motifs is 2. The van der Waals surface area contributed by atoms with Gasteiger partial charge in [-0.15, -0.1) is 0 Å². The summed E-state index contributed by atoms with van der Waals surface area (Å²) in [5.41, 5.74) is 1.78. The second kappa shape index (κ2) is 6.07.